The molecule has 156 valence electrons. The minimum Gasteiger partial charge on any atom is -0.630 e. The molecule has 0 radical (unpaired) electrons. The van der Waals surface area contributed by atoms with Gasteiger partial charge in [-0.05, 0) is 47.1 Å². The Balaban J connectivity index is 3.36. The van der Waals surface area contributed by atoms with Crippen LogP contribution in [0.5, 0.6) is 0 Å². The first-order valence-electron chi connectivity index (χ1n) is 9.67. The quantitative estimate of drug-likeness (QED) is 0.459. The second-order valence-corrected chi connectivity index (χ2v) is 10.8. The van der Waals surface area contributed by atoms with Gasteiger partial charge >= 0.3 is 0 Å². The smallest absolute Gasteiger partial charge is 0.257 e. The second-order valence-electron chi connectivity index (χ2n) is 8.69. The summed E-state index contributed by atoms with van der Waals surface area (Å²) in [6.07, 6.45) is 3.51. The summed E-state index contributed by atoms with van der Waals surface area (Å²) in [5, 5.41) is 1.82. The van der Waals surface area contributed by atoms with Crippen LogP contribution in [0.1, 0.15) is 74.0 Å². The van der Waals surface area contributed by atoms with Crippen LogP contribution in [0.2, 0.25) is 0 Å². The third kappa shape index (κ3) is 6.74. The van der Waals surface area contributed by atoms with Gasteiger partial charge in [0.1, 0.15) is 6.10 Å². The molecule has 0 bridgehead atoms. The molecule has 7 heteroatoms. The Bertz CT molecular complexity index is 551. The molecule has 0 aliphatic rings. The normalized spacial score (nSPS) is 15.8. The van der Waals surface area contributed by atoms with E-state index in [0.717, 1.165) is 5.56 Å². The number of aromatic amines is 1. The van der Waals surface area contributed by atoms with E-state index in [9.17, 15) is 4.89 Å². The van der Waals surface area contributed by atoms with Crippen molar-refractivity contribution < 1.29 is 23.8 Å². The third-order valence-electron chi connectivity index (χ3n) is 4.06. The number of pyridine rings is 1. The van der Waals surface area contributed by atoms with Gasteiger partial charge in [0.15, 0.2) is 18.2 Å². The maximum atomic E-state index is 13.8. The molecule has 0 saturated carbocycles. The summed E-state index contributed by atoms with van der Waals surface area (Å²) in [7, 11) is -3.46. The van der Waals surface area contributed by atoms with Crippen molar-refractivity contribution in [2.24, 2.45) is 5.41 Å². The fraction of sp³-hybridized carbons (Fsp3) is 0.750. The Morgan fingerprint density at radius 1 is 1.04 bits per heavy atom. The molecule has 1 aromatic heterocycles. The van der Waals surface area contributed by atoms with Crippen LogP contribution < -0.4 is 9.88 Å². The molecule has 1 N–H and O–H groups in total. The van der Waals surface area contributed by atoms with Gasteiger partial charge in [-0.3, -0.25) is 4.84 Å². The highest BCUT2D eigenvalue weighted by molar-refractivity contribution is 7.59. The Labute approximate surface area is 165 Å². The molecule has 2 unspecified atom stereocenters. The van der Waals surface area contributed by atoms with Crippen molar-refractivity contribution in [3.8, 4) is 0 Å². The van der Waals surface area contributed by atoms with Crippen LogP contribution in [0.25, 0.3) is 0 Å². The number of hydrogen-bond acceptors (Lipinski definition) is 5. The fourth-order valence-electron chi connectivity index (χ4n) is 2.98. The molecule has 0 fully saturated rings. The first-order chi connectivity index (χ1) is 12.4. The van der Waals surface area contributed by atoms with E-state index >= 15 is 0 Å². The molecule has 0 saturated heterocycles. The SMILES string of the molecule is CCO[P+]([O-])(OCC)C(N(OC(C)c1cc[nH+]cc1)C(C)(C)C)C(C)(C)C. The van der Waals surface area contributed by atoms with Crippen molar-refractivity contribution in [3.05, 3.63) is 30.1 Å². The minimum absolute atomic E-state index is 0.222. The molecule has 27 heavy (non-hydrogen) atoms. The second kappa shape index (κ2) is 9.73. The van der Waals surface area contributed by atoms with Gasteiger partial charge in [0.25, 0.3) is 7.94 Å². The van der Waals surface area contributed by atoms with Crippen LogP contribution in [0.4, 0.5) is 0 Å². The van der Waals surface area contributed by atoms with Gasteiger partial charge in [0, 0.05) is 23.1 Å². The van der Waals surface area contributed by atoms with Crippen molar-refractivity contribution in [2.45, 2.75) is 79.7 Å². The monoisotopic (exact) mass is 401 g/mol. The predicted octanol–water partition coefficient (Wildman–Crippen LogP) is 4.16. The molecule has 0 aliphatic heterocycles. The van der Waals surface area contributed by atoms with Crippen molar-refractivity contribution >= 4 is 7.94 Å². The Morgan fingerprint density at radius 2 is 1.52 bits per heavy atom. The lowest BCUT2D eigenvalue weighted by atomic mass is 9.94. The summed E-state index contributed by atoms with van der Waals surface area (Å²) in [5.41, 5.74) is 0.201. The Kier molecular flexibility index (Phi) is 8.80. The fourth-order valence-corrected chi connectivity index (χ4v) is 5.66. The van der Waals surface area contributed by atoms with Gasteiger partial charge in [0.2, 0.25) is 0 Å². The van der Waals surface area contributed by atoms with Gasteiger partial charge in [-0.25, -0.2) is 14.0 Å². The molecule has 0 aliphatic carbocycles. The van der Waals surface area contributed by atoms with Crippen molar-refractivity contribution in [1.29, 1.82) is 0 Å². The average molecular weight is 402 g/mol. The molecule has 1 aromatic rings. The van der Waals surface area contributed by atoms with Crippen LogP contribution in [0.3, 0.4) is 0 Å². The van der Waals surface area contributed by atoms with Crippen LogP contribution >= 0.6 is 7.94 Å². The topological polar surface area (TPSA) is 68.1 Å². The first kappa shape index (κ1) is 24.4. The number of nitrogens with zero attached hydrogens (tertiary/aromatic N) is 1. The van der Waals surface area contributed by atoms with Crippen LogP contribution in [0.15, 0.2) is 24.5 Å². The van der Waals surface area contributed by atoms with Gasteiger partial charge in [0.05, 0.1) is 13.2 Å². The van der Waals surface area contributed by atoms with Crippen LogP contribution in [0, 0.1) is 5.41 Å². The van der Waals surface area contributed by atoms with E-state index in [1.54, 1.807) is 0 Å². The lowest BCUT2D eigenvalue weighted by Crippen LogP contribution is -2.56. The number of hydrogen-bond donors (Lipinski definition) is 0. The standard InChI is InChI=1S/C20H37N2O4P/c1-10-24-27(23,25-11-2)18(19(4,5)6)22(20(7,8)9)26-16(3)17-12-14-21-15-13-17/h12-16,18H,10-11H2,1-9H3/p+1. The molecule has 0 amide bonds. The molecular weight excluding hydrogens is 363 g/mol. The number of rotatable bonds is 9. The van der Waals surface area contributed by atoms with Gasteiger partial charge < -0.3 is 4.89 Å². The Hall–Kier alpha value is -0.620. The zero-order valence-electron chi connectivity index (χ0n) is 18.4. The van der Waals surface area contributed by atoms with Gasteiger partial charge in [-0.15, -0.1) is 5.06 Å². The molecular formula is C20H38N2O4P+. The highest BCUT2D eigenvalue weighted by atomic mass is 31.2. The number of nitrogens with one attached hydrogen (secondary N) is 1. The zero-order valence-corrected chi connectivity index (χ0v) is 19.3. The molecule has 0 aromatic carbocycles. The first-order valence-corrected chi connectivity index (χ1v) is 11.3. The Morgan fingerprint density at radius 3 is 1.89 bits per heavy atom. The molecule has 1 rings (SSSR count). The number of aromatic nitrogens is 1. The highest BCUT2D eigenvalue weighted by Crippen LogP contribution is 2.64. The predicted molar refractivity (Wildman–Crippen MR) is 108 cm³/mol. The number of H-pyrrole nitrogens is 1. The minimum atomic E-state index is -3.46. The number of hydroxylamine groups is 2. The lowest BCUT2D eigenvalue weighted by molar-refractivity contribution is -0.378. The highest BCUT2D eigenvalue weighted by Gasteiger charge is 2.55. The lowest BCUT2D eigenvalue weighted by Gasteiger charge is -2.49. The van der Waals surface area contributed by atoms with E-state index in [-0.39, 0.29) is 6.10 Å². The summed E-state index contributed by atoms with van der Waals surface area (Å²) in [4.78, 5) is 23.2. The van der Waals surface area contributed by atoms with Crippen LogP contribution in [-0.2, 0) is 13.9 Å². The van der Waals surface area contributed by atoms with Gasteiger partial charge in [-0.1, -0.05) is 20.8 Å². The van der Waals surface area contributed by atoms with Gasteiger partial charge in [-0.2, -0.15) is 0 Å². The third-order valence-corrected chi connectivity index (χ3v) is 6.88. The summed E-state index contributed by atoms with van der Waals surface area (Å²) < 4.78 is 11.5. The summed E-state index contributed by atoms with van der Waals surface area (Å²) in [6, 6.07) is 3.95. The maximum absolute atomic E-state index is 13.8. The molecule has 2 atom stereocenters. The molecule has 1 heterocycles. The van der Waals surface area contributed by atoms with E-state index < -0.39 is 24.7 Å². The summed E-state index contributed by atoms with van der Waals surface area (Å²) >= 11 is 0. The van der Waals surface area contributed by atoms with E-state index in [1.165, 1.54) is 0 Å². The van der Waals surface area contributed by atoms with E-state index in [0.29, 0.717) is 13.2 Å². The average Bonchev–Trinajstić information content (AvgIpc) is 2.53. The van der Waals surface area contributed by atoms with E-state index in [4.69, 9.17) is 13.9 Å². The maximum Gasteiger partial charge on any atom is 0.257 e. The van der Waals surface area contributed by atoms with E-state index in [2.05, 4.69) is 4.98 Å². The van der Waals surface area contributed by atoms with Crippen LogP contribution in [-0.4, -0.2) is 29.6 Å². The molecule has 6 nitrogen and oxygen atoms in total. The zero-order chi connectivity index (χ0) is 20.9. The van der Waals surface area contributed by atoms with Crippen molar-refractivity contribution in [1.82, 2.24) is 5.06 Å². The van der Waals surface area contributed by atoms with Crippen molar-refractivity contribution in [2.75, 3.05) is 13.2 Å². The van der Waals surface area contributed by atoms with Crippen molar-refractivity contribution in [3.63, 3.8) is 0 Å². The molecule has 0 spiro atoms. The summed E-state index contributed by atoms with van der Waals surface area (Å²) in [6.45, 7) is 18.5. The summed E-state index contributed by atoms with van der Waals surface area (Å²) in [5.74, 6) is -0.567. The van der Waals surface area contributed by atoms with E-state index in [1.807, 2.05) is 91.9 Å². The largest absolute Gasteiger partial charge is 0.630 e.